The Morgan fingerprint density at radius 1 is 1.41 bits per heavy atom. The van der Waals surface area contributed by atoms with E-state index in [0.29, 0.717) is 24.6 Å². The molecule has 0 radical (unpaired) electrons. The van der Waals surface area contributed by atoms with Gasteiger partial charge in [-0.15, -0.1) is 0 Å². The van der Waals surface area contributed by atoms with E-state index < -0.39 is 0 Å². The van der Waals surface area contributed by atoms with Crippen molar-refractivity contribution < 1.29 is 9.32 Å². The second kappa shape index (κ2) is 7.30. The third kappa shape index (κ3) is 3.47. The van der Waals surface area contributed by atoms with Gasteiger partial charge in [0.15, 0.2) is 0 Å². The summed E-state index contributed by atoms with van der Waals surface area (Å²) in [4.78, 5) is 23.3. The smallest absolute Gasteiger partial charge is 0.249 e. The van der Waals surface area contributed by atoms with E-state index in [1.807, 2.05) is 30.9 Å². The lowest BCUT2D eigenvalue weighted by atomic mass is 10.1. The number of hydrogen-bond donors (Lipinski definition) is 1. The lowest BCUT2D eigenvalue weighted by Gasteiger charge is -2.21. The lowest BCUT2D eigenvalue weighted by molar-refractivity contribution is -0.132. The molecule has 0 aliphatic carbocycles. The first-order valence-electron chi connectivity index (χ1n) is 9.17. The number of pyridine rings is 1. The van der Waals surface area contributed by atoms with Crippen LogP contribution in [-0.2, 0) is 11.2 Å². The van der Waals surface area contributed by atoms with Crippen molar-refractivity contribution in [3.8, 4) is 11.4 Å². The van der Waals surface area contributed by atoms with Crippen LogP contribution >= 0.6 is 0 Å². The minimum Gasteiger partial charge on any atom is -0.337 e. The third-order valence-corrected chi connectivity index (χ3v) is 5.09. The second-order valence-corrected chi connectivity index (χ2v) is 6.86. The average Bonchev–Trinajstić information content (AvgIpc) is 3.41. The van der Waals surface area contributed by atoms with Gasteiger partial charge in [-0.3, -0.25) is 14.9 Å². The lowest BCUT2D eigenvalue weighted by Crippen LogP contribution is -2.31. The van der Waals surface area contributed by atoms with Crippen molar-refractivity contribution in [2.75, 3.05) is 6.54 Å². The van der Waals surface area contributed by atoms with E-state index in [1.165, 1.54) is 0 Å². The molecule has 0 saturated carbocycles. The van der Waals surface area contributed by atoms with Gasteiger partial charge in [0, 0.05) is 36.6 Å². The first-order chi connectivity index (χ1) is 13.1. The zero-order valence-corrected chi connectivity index (χ0v) is 15.5. The van der Waals surface area contributed by atoms with E-state index >= 15 is 0 Å². The molecule has 0 spiro atoms. The number of carbonyl (C=O) groups is 1. The highest BCUT2D eigenvalue weighted by Gasteiger charge is 2.34. The van der Waals surface area contributed by atoms with E-state index in [4.69, 9.17) is 4.52 Å². The number of rotatable bonds is 5. The molecular weight excluding hydrogens is 344 g/mol. The second-order valence-electron chi connectivity index (χ2n) is 6.86. The highest BCUT2D eigenvalue weighted by molar-refractivity contribution is 5.77. The molecule has 3 aromatic rings. The summed E-state index contributed by atoms with van der Waals surface area (Å²) in [6, 6.07) is 3.56. The molecule has 1 atom stereocenters. The number of aromatic amines is 1. The van der Waals surface area contributed by atoms with Crippen molar-refractivity contribution in [2.24, 2.45) is 0 Å². The molecule has 8 heteroatoms. The number of amides is 1. The fourth-order valence-electron chi connectivity index (χ4n) is 3.62. The average molecular weight is 366 g/mol. The third-order valence-electron chi connectivity index (χ3n) is 5.09. The Hall–Kier alpha value is -3.03. The fraction of sp³-hybridized carbons (Fsp3) is 0.421. The molecule has 8 nitrogen and oxygen atoms in total. The number of hydrogen-bond acceptors (Lipinski definition) is 6. The summed E-state index contributed by atoms with van der Waals surface area (Å²) < 4.78 is 5.47. The minimum absolute atomic E-state index is 0.110. The molecule has 1 aliphatic heterocycles. The van der Waals surface area contributed by atoms with Gasteiger partial charge in [0.2, 0.25) is 17.6 Å². The maximum Gasteiger partial charge on any atom is 0.249 e. The van der Waals surface area contributed by atoms with Gasteiger partial charge in [-0.1, -0.05) is 5.16 Å². The monoisotopic (exact) mass is 366 g/mol. The van der Waals surface area contributed by atoms with Crippen LogP contribution in [0, 0.1) is 13.8 Å². The number of aryl methyl sites for hydroxylation is 2. The van der Waals surface area contributed by atoms with Crippen molar-refractivity contribution >= 4 is 5.91 Å². The zero-order chi connectivity index (χ0) is 18.8. The van der Waals surface area contributed by atoms with Crippen molar-refractivity contribution in [1.82, 2.24) is 30.2 Å². The maximum absolute atomic E-state index is 12.8. The van der Waals surface area contributed by atoms with Crippen LogP contribution in [0.1, 0.15) is 48.1 Å². The summed E-state index contributed by atoms with van der Waals surface area (Å²) in [5.41, 5.74) is 3.90. The SMILES string of the molecule is Cc1n[nH]c(C)c1CCC(=O)N1CCC[C@H]1c1nc(-c2cccnc2)no1. The van der Waals surface area contributed by atoms with Gasteiger partial charge in [-0.25, -0.2) is 0 Å². The Labute approximate surface area is 157 Å². The molecule has 1 aliphatic rings. The van der Waals surface area contributed by atoms with Gasteiger partial charge in [0.25, 0.3) is 0 Å². The van der Waals surface area contributed by atoms with Gasteiger partial charge >= 0.3 is 0 Å². The van der Waals surface area contributed by atoms with Gasteiger partial charge in [-0.2, -0.15) is 10.1 Å². The van der Waals surface area contributed by atoms with Crippen molar-refractivity contribution in [2.45, 2.75) is 45.6 Å². The predicted molar refractivity (Wildman–Crippen MR) is 97.6 cm³/mol. The first kappa shape index (κ1) is 17.4. The summed E-state index contributed by atoms with van der Waals surface area (Å²) in [7, 11) is 0. The normalized spacial score (nSPS) is 16.8. The van der Waals surface area contributed by atoms with Gasteiger partial charge < -0.3 is 9.42 Å². The van der Waals surface area contributed by atoms with Gasteiger partial charge in [-0.05, 0) is 50.8 Å². The van der Waals surface area contributed by atoms with Crippen LogP contribution in [0.5, 0.6) is 0 Å². The number of H-pyrrole nitrogens is 1. The van der Waals surface area contributed by atoms with Crippen LogP contribution in [0.2, 0.25) is 0 Å². The molecule has 1 amide bonds. The summed E-state index contributed by atoms with van der Waals surface area (Å²) in [5.74, 6) is 1.11. The van der Waals surface area contributed by atoms with Crippen LogP contribution in [0.3, 0.4) is 0 Å². The molecule has 1 N–H and O–H groups in total. The zero-order valence-electron chi connectivity index (χ0n) is 15.5. The van der Waals surface area contributed by atoms with E-state index in [0.717, 1.165) is 41.9 Å². The standard InChI is InChI=1S/C19H22N6O2/c1-12-15(13(2)23-22-12)7-8-17(26)25-10-4-6-16(25)19-21-18(24-27-19)14-5-3-9-20-11-14/h3,5,9,11,16H,4,6-8,10H2,1-2H3,(H,22,23)/t16-/m0/s1. The first-order valence-corrected chi connectivity index (χ1v) is 9.17. The quantitative estimate of drug-likeness (QED) is 0.745. The topological polar surface area (TPSA) is 101 Å². The largest absolute Gasteiger partial charge is 0.337 e. The van der Waals surface area contributed by atoms with Crippen LogP contribution < -0.4 is 0 Å². The minimum atomic E-state index is -0.151. The van der Waals surface area contributed by atoms with E-state index in [-0.39, 0.29) is 11.9 Å². The van der Waals surface area contributed by atoms with Crippen LogP contribution in [-0.4, -0.2) is 42.7 Å². The highest BCUT2D eigenvalue weighted by atomic mass is 16.5. The van der Waals surface area contributed by atoms with Gasteiger partial charge in [0.05, 0.1) is 5.69 Å². The van der Waals surface area contributed by atoms with Crippen molar-refractivity contribution in [1.29, 1.82) is 0 Å². The van der Waals surface area contributed by atoms with Crippen molar-refractivity contribution in [3.05, 3.63) is 47.4 Å². The summed E-state index contributed by atoms with van der Waals surface area (Å²) in [6.45, 7) is 4.66. The van der Waals surface area contributed by atoms with Crippen LogP contribution in [0.15, 0.2) is 29.0 Å². The van der Waals surface area contributed by atoms with E-state index in [9.17, 15) is 4.79 Å². The predicted octanol–water partition coefficient (Wildman–Crippen LogP) is 2.77. The molecule has 0 bridgehead atoms. The molecule has 140 valence electrons. The summed E-state index contributed by atoms with van der Waals surface area (Å²) in [5, 5.41) is 11.2. The van der Waals surface area contributed by atoms with Crippen LogP contribution in [0.4, 0.5) is 0 Å². The summed E-state index contributed by atoms with van der Waals surface area (Å²) in [6.07, 6.45) is 6.30. The maximum atomic E-state index is 12.8. The van der Waals surface area contributed by atoms with E-state index in [1.54, 1.807) is 12.4 Å². The number of aromatic nitrogens is 5. The Morgan fingerprint density at radius 3 is 3.04 bits per heavy atom. The number of nitrogens with one attached hydrogen (secondary N) is 1. The fourth-order valence-corrected chi connectivity index (χ4v) is 3.62. The Morgan fingerprint density at radius 2 is 2.30 bits per heavy atom. The molecular formula is C19H22N6O2. The number of likely N-dealkylation sites (tertiary alicyclic amines) is 1. The van der Waals surface area contributed by atoms with Crippen LogP contribution in [0.25, 0.3) is 11.4 Å². The Kier molecular flexibility index (Phi) is 4.70. The molecule has 4 rings (SSSR count). The highest BCUT2D eigenvalue weighted by Crippen LogP contribution is 2.32. The molecule has 0 aromatic carbocycles. The Bertz CT molecular complexity index is 913. The van der Waals surface area contributed by atoms with E-state index in [2.05, 4.69) is 25.3 Å². The summed E-state index contributed by atoms with van der Waals surface area (Å²) >= 11 is 0. The van der Waals surface area contributed by atoms with Crippen molar-refractivity contribution in [3.63, 3.8) is 0 Å². The molecule has 1 fully saturated rings. The Balaban J connectivity index is 1.46. The molecule has 27 heavy (non-hydrogen) atoms. The molecule has 4 heterocycles. The number of nitrogens with zero attached hydrogens (tertiary/aromatic N) is 5. The molecule has 0 unspecified atom stereocenters. The molecule has 1 saturated heterocycles. The molecule has 3 aromatic heterocycles. The number of carbonyl (C=O) groups excluding carboxylic acids is 1. The van der Waals surface area contributed by atoms with Gasteiger partial charge in [0.1, 0.15) is 6.04 Å².